The molecule has 258 valence electrons. The lowest BCUT2D eigenvalue weighted by molar-refractivity contribution is 0.585. The minimum absolute atomic E-state index is 0.219. The molecule has 0 aliphatic heterocycles. The summed E-state index contributed by atoms with van der Waals surface area (Å²) in [5.74, 6) is -2.17. The first-order valence-electron chi connectivity index (χ1n) is 17.6. The summed E-state index contributed by atoms with van der Waals surface area (Å²) in [4.78, 5) is 0. The summed E-state index contributed by atoms with van der Waals surface area (Å²) < 4.78 is 61.3. The molecular weight excluding hydrogens is 681 g/mol. The fourth-order valence-corrected chi connectivity index (χ4v) is 7.88. The first-order valence-corrected chi connectivity index (χ1v) is 17.6. The van der Waals surface area contributed by atoms with Crippen LogP contribution >= 0.6 is 0 Å². The van der Waals surface area contributed by atoms with Crippen LogP contribution in [0, 0.1) is 23.3 Å². The van der Waals surface area contributed by atoms with E-state index < -0.39 is 23.3 Å². The number of benzene rings is 8. The Morgan fingerprint density at radius 3 is 1.28 bits per heavy atom. The number of fused-ring (bicyclic) bond motifs is 6. The predicted molar refractivity (Wildman–Crippen MR) is 211 cm³/mol. The summed E-state index contributed by atoms with van der Waals surface area (Å²) in [6.45, 7) is 0. The Balaban J connectivity index is 1.11. The molecule has 8 aromatic carbocycles. The van der Waals surface area contributed by atoms with E-state index in [1.165, 1.54) is 18.2 Å². The van der Waals surface area contributed by atoms with Gasteiger partial charge in [0.25, 0.3) is 0 Å². The molecular formula is C48H28F4N2. The van der Waals surface area contributed by atoms with Gasteiger partial charge in [0.1, 0.15) is 23.3 Å². The maximum atomic E-state index is 14.6. The van der Waals surface area contributed by atoms with Crippen LogP contribution in [-0.4, -0.2) is 9.13 Å². The van der Waals surface area contributed by atoms with Crippen molar-refractivity contribution < 1.29 is 17.6 Å². The molecule has 0 aliphatic carbocycles. The zero-order valence-electron chi connectivity index (χ0n) is 28.6. The molecule has 2 aromatic heterocycles. The van der Waals surface area contributed by atoms with Crippen molar-refractivity contribution >= 4 is 43.6 Å². The topological polar surface area (TPSA) is 9.86 Å². The van der Waals surface area contributed by atoms with Crippen molar-refractivity contribution in [2.45, 2.75) is 0 Å². The third-order valence-electron chi connectivity index (χ3n) is 10.4. The highest BCUT2D eigenvalue weighted by molar-refractivity contribution is 6.12. The second-order valence-corrected chi connectivity index (χ2v) is 13.5. The highest BCUT2D eigenvalue weighted by atomic mass is 19.1. The van der Waals surface area contributed by atoms with E-state index in [9.17, 15) is 17.6 Å². The number of halogens is 4. The SMILES string of the molecule is Fc1ccc(-c2ccc(-n3c4ccccc4c4ccc(-c5ccc6c7ccccc7n(-c7ccc(-c8cc(F)ccc8F)cc7)c6c5)cc43)cc2)c(F)c1. The Kier molecular flexibility index (Phi) is 7.27. The molecule has 0 amide bonds. The van der Waals surface area contributed by atoms with Crippen LogP contribution in [-0.2, 0) is 0 Å². The number of para-hydroxylation sites is 2. The summed E-state index contributed by atoms with van der Waals surface area (Å²) in [7, 11) is 0. The first kappa shape index (κ1) is 31.8. The van der Waals surface area contributed by atoms with Gasteiger partial charge in [0, 0.05) is 50.1 Å². The zero-order valence-corrected chi connectivity index (χ0v) is 28.6. The Labute approximate surface area is 307 Å². The highest BCUT2D eigenvalue weighted by Gasteiger charge is 2.17. The third-order valence-corrected chi connectivity index (χ3v) is 10.4. The van der Waals surface area contributed by atoms with Crippen molar-refractivity contribution in [1.82, 2.24) is 9.13 Å². The summed E-state index contributed by atoms with van der Waals surface area (Å²) in [6, 6.07) is 51.9. The van der Waals surface area contributed by atoms with Crippen molar-refractivity contribution in [3.8, 4) is 44.8 Å². The highest BCUT2D eigenvalue weighted by Crippen LogP contribution is 2.39. The lowest BCUT2D eigenvalue weighted by Crippen LogP contribution is -1.95. The quantitative estimate of drug-likeness (QED) is 0.158. The molecule has 0 bridgehead atoms. The summed E-state index contributed by atoms with van der Waals surface area (Å²) in [5.41, 5.74) is 9.83. The molecule has 6 heteroatoms. The molecule has 2 heterocycles. The second-order valence-electron chi connectivity index (χ2n) is 13.5. The van der Waals surface area contributed by atoms with E-state index in [0.717, 1.165) is 84.3 Å². The molecule has 54 heavy (non-hydrogen) atoms. The van der Waals surface area contributed by atoms with Crippen molar-refractivity contribution in [3.05, 3.63) is 193 Å². The normalized spacial score (nSPS) is 11.7. The van der Waals surface area contributed by atoms with Crippen LogP contribution < -0.4 is 0 Å². The standard InChI is InChI=1S/C48H28F4N2/c49-33-16-24-43(51)42(27-33)30-11-19-36(20-12-30)54-46-8-4-2-6-39(46)41-22-14-32(26-48(41)54)31-13-21-40-38-5-1-3-7-45(38)53(47(40)25-31)35-17-9-29(10-18-35)37-23-15-34(50)28-44(37)52/h1-28H. The van der Waals surface area contributed by atoms with Crippen LogP contribution in [0.3, 0.4) is 0 Å². The van der Waals surface area contributed by atoms with Gasteiger partial charge >= 0.3 is 0 Å². The Morgan fingerprint density at radius 2 is 0.741 bits per heavy atom. The zero-order chi connectivity index (χ0) is 36.5. The van der Waals surface area contributed by atoms with E-state index >= 15 is 0 Å². The van der Waals surface area contributed by atoms with E-state index in [1.54, 1.807) is 0 Å². The van der Waals surface area contributed by atoms with E-state index in [0.29, 0.717) is 16.7 Å². The molecule has 10 rings (SSSR count). The summed E-state index contributed by atoms with van der Waals surface area (Å²) in [5, 5.41) is 4.43. The van der Waals surface area contributed by atoms with Crippen molar-refractivity contribution in [2.24, 2.45) is 0 Å². The van der Waals surface area contributed by atoms with Gasteiger partial charge in [0.15, 0.2) is 0 Å². The van der Waals surface area contributed by atoms with Gasteiger partial charge in [-0.25, -0.2) is 17.6 Å². The van der Waals surface area contributed by atoms with Crippen LogP contribution in [0.4, 0.5) is 17.6 Å². The van der Waals surface area contributed by atoms with Gasteiger partial charge in [-0.05, 0) is 101 Å². The van der Waals surface area contributed by atoms with Gasteiger partial charge in [-0.3, -0.25) is 0 Å². The van der Waals surface area contributed by atoms with Crippen molar-refractivity contribution in [2.75, 3.05) is 0 Å². The monoisotopic (exact) mass is 708 g/mol. The van der Waals surface area contributed by atoms with Crippen molar-refractivity contribution in [3.63, 3.8) is 0 Å². The predicted octanol–water partition coefficient (Wildman–Crippen LogP) is 13.4. The Bertz CT molecular complexity index is 3080. The van der Waals surface area contributed by atoms with Crippen LogP contribution in [0.2, 0.25) is 0 Å². The molecule has 2 nitrogen and oxygen atoms in total. The van der Waals surface area contributed by atoms with Crippen LogP contribution in [0.1, 0.15) is 0 Å². The molecule has 0 radical (unpaired) electrons. The average molecular weight is 709 g/mol. The minimum atomic E-state index is -0.608. The summed E-state index contributed by atoms with van der Waals surface area (Å²) >= 11 is 0. The molecule has 10 aromatic rings. The van der Waals surface area contributed by atoms with Gasteiger partial charge in [-0.1, -0.05) is 84.9 Å². The number of hydrogen-bond donors (Lipinski definition) is 0. The molecule has 0 aliphatic rings. The molecule has 0 fully saturated rings. The third kappa shape index (κ3) is 5.10. The number of hydrogen-bond acceptors (Lipinski definition) is 0. The van der Waals surface area contributed by atoms with E-state index in [1.807, 2.05) is 72.8 Å². The molecule has 0 N–H and O–H groups in total. The first-order chi connectivity index (χ1) is 26.4. The molecule has 0 saturated carbocycles. The van der Waals surface area contributed by atoms with E-state index in [2.05, 4.69) is 69.8 Å². The number of nitrogens with zero attached hydrogens (tertiary/aromatic N) is 2. The summed E-state index contributed by atoms with van der Waals surface area (Å²) in [6.07, 6.45) is 0. The molecule has 0 spiro atoms. The fraction of sp³-hybridized carbons (Fsp3) is 0. The Morgan fingerprint density at radius 1 is 0.296 bits per heavy atom. The van der Waals surface area contributed by atoms with Gasteiger partial charge in [0.05, 0.1) is 22.1 Å². The molecule has 0 unspecified atom stereocenters. The second kappa shape index (κ2) is 12.3. The van der Waals surface area contributed by atoms with Gasteiger partial charge in [0.2, 0.25) is 0 Å². The lowest BCUT2D eigenvalue weighted by atomic mass is 10.0. The maximum absolute atomic E-state index is 14.6. The van der Waals surface area contributed by atoms with Gasteiger partial charge < -0.3 is 9.13 Å². The van der Waals surface area contributed by atoms with Gasteiger partial charge in [-0.15, -0.1) is 0 Å². The fourth-order valence-electron chi connectivity index (χ4n) is 7.88. The lowest BCUT2D eigenvalue weighted by Gasteiger charge is -2.12. The Hall–Kier alpha value is -6.92. The number of rotatable bonds is 5. The van der Waals surface area contributed by atoms with E-state index in [4.69, 9.17) is 0 Å². The molecule has 0 saturated heterocycles. The molecule has 0 atom stereocenters. The van der Waals surface area contributed by atoms with Crippen LogP contribution in [0.5, 0.6) is 0 Å². The van der Waals surface area contributed by atoms with Gasteiger partial charge in [-0.2, -0.15) is 0 Å². The van der Waals surface area contributed by atoms with E-state index in [-0.39, 0.29) is 5.56 Å². The smallest absolute Gasteiger partial charge is 0.133 e. The number of aromatic nitrogens is 2. The largest absolute Gasteiger partial charge is 0.309 e. The average Bonchev–Trinajstić information content (AvgIpc) is 3.71. The maximum Gasteiger partial charge on any atom is 0.133 e. The minimum Gasteiger partial charge on any atom is -0.309 e. The van der Waals surface area contributed by atoms with Crippen LogP contribution in [0.25, 0.3) is 88.4 Å². The van der Waals surface area contributed by atoms with Crippen molar-refractivity contribution in [1.29, 1.82) is 0 Å². The van der Waals surface area contributed by atoms with Crippen LogP contribution in [0.15, 0.2) is 170 Å².